The highest BCUT2D eigenvalue weighted by molar-refractivity contribution is 6.19. The first-order valence-corrected chi connectivity index (χ1v) is 8.19. The van der Waals surface area contributed by atoms with E-state index in [0.29, 0.717) is 16.8 Å². The lowest BCUT2D eigenvalue weighted by molar-refractivity contribution is -0.750. The summed E-state index contributed by atoms with van der Waals surface area (Å²) in [5.74, 6) is 0.115. The first kappa shape index (κ1) is 19.3. The lowest BCUT2D eigenvalue weighted by Crippen LogP contribution is -2.20. The van der Waals surface area contributed by atoms with Gasteiger partial charge in [0.25, 0.3) is 10.6 Å². The van der Waals surface area contributed by atoms with E-state index in [0.717, 1.165) is 6.08 Å². The van der Waals surface area contributed by atoms with Gasteiger partial charge in [-0.05, 0) is 54.6 Å². The van der Waals surface area contributed by atoms with Crippen LogP contribution in [-0.2, 0) is 0 Å². The third-order valence-electron chi connectivity index (χ3n) is 3.93. The molecule has 2 aromatic rings. The van der Waals surface area contributed by atoms with E-state index >= 15 is 0 Å². The average molecular weight is 395 g/mol. The van der Waals surface area contributed by atoms with Gasteiger partial charge in [-0.15, -0.1) is 10.2 Å². The summed E-state index contributed by atoms with van der Waals surface area (Å²) in [4.78, 5) is 10.4. The van der Waals surface area contributed by atoms with Gasteiger partial charge in [0.05, 0.1) is 4.91 Å². The largest absolute Gasteiger partial charge is 0.508 e. The van der Waals surface area contributed by atoms with Crippen molar-refractivity contribution in [2.45, 2.75) is 0 Å². The molecule has 0 atom stereocenters. The van der Waals surface area contributed by atoms with E-state index in [1.807, 2.05) is 0 Å². The molecule has 0 spiro atoms. The molecule has 0 amide bonds. The second-order valence-corrected chi connectivity index (χ2v) is 5.86. The highest BCUT2D eigenvalue weighted by atomic mass is 16.8. The minimum absolute atomic E-state index is 0.0575. The standard InChI is InChI=1S/C19H14N4O6/c24-15-6-1-12(2-7-15)19(13-3-8-16(25)9-4-13)21-20-17-10-5-14(22(26)27)11-18(17)23(28)29/h1-11H,(H3-,20,21,24,25,26,27,28,29)/p+1. The van der Waals surface area contributed by atoms with Gasteiger partial charge < -0.3 is 15.4 Å². The molecule has 0 unspecified atom stereocenters. The topological polar surface area (TPSA) is 152 Å². The molecule has 29 heavy (non-hydrogen) atoms. The fourth-order valence-electron chi connectivity index (χ4n) is 2.49. The minimum Gasteiger partial charge on any atom is -0.508 e. The molecule has 0 aromatic heterocycles. The summed E-state index contributed by atoms with van der Waals surface area (Å²) in [5.41, 5.74) is 0.761. The molecular weight excluding hydrogens is 380 g/mol. The van der Waals surface area contributed by atoms with Crippen LogP contribution in [0.5, 0.6) is 11.5 Å². The van der Waals surface area contributed by atoms with Crippen LogP contribution in [0, 0.1) is 10.1 Å². The van der Waals surface area contributed by atoms with Crippen molar-refractivity contribution in [3.05, 3.63) is 93.7 Å². The Morgan fingerprint density at radius 1 is 0.862 bits per heavy atom. The maximum atomic E-state index is 11.4. The fourth-order valence-corrected chi connectivity index (χ4v) is 2.49. The van der Waals surface area contributed by atoms with E-state index in [9.17, 15) is 25.5 Å². The second-order valence-electron chi connectivity index (χ2n) is 5.86. The van der Waals surface area contributed by atoms with Crippen molar-refractivity contribution in [3.8, 4) is 11.5 Å². The molecule has 4 N–H and O–H groups in total. The summed E-state index contributed by atoms with van der Waals surface area (Å²) in [6, 6.07) is 12.3. The zero-order valence-electron chi connectivity index (χ0n) is 14.7. The summed E-state index contributed by atoms with van der Waals surface area (Å²) < 4.78 is 0. The number of benzene rings is 2. The van der Waals surface area contributed by atoms with E-state index in [-0.39, 0.29) is 22.9 Å². The quantitative estimate of drug-likeness (QED) is 0.205. The average Bonchev–Trinajstić information content (AvgIpc) is 2.70. The first-order valence-electron chi connectivity index (χ1n) is 8.19. The molecule has 0 saturated carbocycles. The van der Waals surface area contributed by atoms with E-state index in [2.05, 4.69) is 10.2 Å². The summed E-state index contributed by atoms with van der Waals surface area (Å²) in [6.07, 6.45) is 3.35. The maximum absolute atomic E-state index is 11.4. The highest BCUT2D eigenvalue weighted by Gasteiger charge is 2.29. The summed E-state index contributed by atoms with van der Waals surface area (Å²) in [7, 11) is 0. The van der Waals surface area contributed by atoms with Crippen molar-refractivity contribution < 1.29 is 30.5 Å². The predicted molar refractivity (Wildman–Crippen MR) is 102 cm³/mol. The number of phenolic OH excluding ortho intramolecular Hbond substituents is 2. The monoisotopic (exact) mass is 395 g/mol. The van der Waals surface area contributed by atoms with Crippen molar-refractivity contribution in [2.24, 2.45) is 10.2 Å². The van der Waals surface area contributed by atoms with Gasteiger partial charge in [0.15, 0.2) is 5.71 Å². The Balaban J connectivity index is 2.10. The van der Waals surface area contributed by atoms with Crippen LogP contribution in [0.4, 0.5) is 0 Å². The van der Waals surface area contributed by atoms with Crippen molar-refractivity contribution in [1.29, 1.82) is 0 Å². The van der Waals surface area contributed by atoms with Crippen molar-refractivity contribution in [3.63, 3.8) is 0 Å². The van der Waals surface area contributed by atoms with Crippen LogP contribution in [-0.4, -0.2) is 47.6 Å². The van der Waals surface area contributed by atoms with E-state index in [4.69, 9.17) is 5.21 Å². The van der Waals surface area contributed by atoms with Gasteiger partial charge >= 0.3 is 5.70 Å². The van der Waals surface area contributed by atoms with Gasteiger partial charge in [-0.2, -0.15) is 0 Å². The maximum Gasteiger partial charge on any atom is 0.350 e. The van der Waals surface area contributed by atoms with Crippen LogP contribution in [0.15, 0.2) is 82.7 Å². The number of phenols is 2. The number of aromatic hydroxyl groups is 2. The molecule has 2 aromatic carbocycles. The molecule has 0 fully saturated rings. The van der Waals surface area contributed by atoms with Gasteiger partial charge in [-0.3, -0.25) is 5.21 Å². The number of hydrogen-bond acceptors (Lipinski definition) is 7. The SMILES string of the molecule is O=[N+](O)C1=CC(=[N+](\[O-])O)/C=CC/1=N\N=C(c1ccc(O)cc1)c1ccc(O)cc1. The Morgan fingerprint density at radius 3 is 1.83 bits per heavy atom. The van der Waals surface area contributed by atoms with E-state index < -0.39 is 15.5 Å². The van der Waals surface area contributed by atoms with Gasteiger partial charge in [-0.1, -0.05) is 0 Å². The molecule has 10 heteroatoms. The molecule has 0 radical (unpaired) electrons. The number of allylic oxidation sites excluding steroid dienone is 3. The van der Waals surface area contributed by atoms with Crippen LogP contribution >= 0.6 is 0 Å². The van der Waals surface area contributed by atoms with Gasteiger partial charge in [0.2, 0.25) is 0 Å². The molecule has 0 heterocycles. The Labute approximate surface area is 163 Å². The number of rotatable bonds is 4. The number of hydrogen-bond donors (Lipinski definition) is 4. The molecule has 0 saturated heterocycles. The van der Waals surface area contributed by atoms with E-state index in [1.54, 1.807) is 24.3 Å². The normalized spacial score (nSPS) is 16.3. The van der Waals surface area contributed by atoms with Crippen LogP contribution < -0.4 is 0 Å². The second kappa shape index (κ2) is 8.05. The molecule has 1 aliphatic carbocycles. The molecule has 146 valence electrons. The predicted octanol–water partition coefficient (Wildman–Crippen LogP) is 2.25. The van der Waals surface area contributed by atoms with Crippen LogP contribution in [0.25, 0.3) is 0 Å². The van der Waals surface area contributed by atoms with Crippen molar-refractivity contribution in [2.75, 3.05) is 0 Å². The molecule has 1 aliphatic rings. The zero-order chi connectivity index (χ0) is 21.0. The van der Waals surface area contributed by atoms with Gasteiger partial charge in [-0.25, -0.2) is 5.21 Å². The van der Waals surface area contributed by atoms with Crippen LogP contribution in [0.1, 0.15) is 11.1 Å². The molecule has 3 rings (SSSR count). The number of nitrogens with zero attached hydrogens (tertiary/aromatic N) is 4. The summed E-state index contributed by atoms with van der Waals surface area (Å²) in [6.45, 7) is 0. The Hall–Kier alpha value is -4.47. The third-order valence-corrected chi connectivity index (χ3v) is 3.93. The molecule has 0 aliphatic heterocycles. The highest BCUT2D eigenvalue weighted by Crippen LogP contribution is 2.18. The Morgan fingerprint density at radius 2 is 1.38 bits per heavy atom. The fraction of sp³-hybridized carbons (Fsp3) is 0. The van der Waals surface area contributed by atoms with Crippen LogP contribution in [0.3, 0.4) is 0 Å². The van der Waals surface area contributed by atoms with Crippen LogP contribution in [0.2, 0.25) is 0 Å². The summed E-state index contributed by atoms with van der Waals surface area (Å²) in [5, 5.41) is 56.4. The van der Waals surface area contributed by atoms with Crippen molar-refractivity contribution in [1.82, 2.24) is 0 Å². The zero-order valence-corrected chi connectivity index (χ0v) is 14.7. The van der Waals surface area contributed by atoms with Crippen molar-refractivity contribution >= 4 is 17.1 Å². The summed E-state index contributed by atoms with van der Waals surface area (Å²) >= 11 is 0. The third kappa shape index (κ3) is 4.45. The Kier molecular flexibility index (Phi) is 5.35. The van der Waals surface area contributed by atoms with E-state index in [1.165, 1.54) is 36.4 Å². The molecule has 10 nitrogen and oxygen atoms in total. The lowest BCUT2D eigenvalue weighted by Gasteiger charge is -2.07. The molecule has 0 bridgehead atoms. The van der Waals surface area contributed by atoms with Gasteiger partial charge in [0, 0.05) is 22.1 Å². The lowest BCUT2D eigenvalue weighted by atomic mass is 10.0. The van der Waals surface area contributed by atoms with Gasteiger partial charge in [0.1, 0.15) is 23.3 Å². The Bertz CT molecular complexity index is 1050. The molecular formula is C19H15N4O6+. The minimum atomic E-state index is -0.498. The first-order chi connectivity index (χ1) is 13.8. The smallest absolute Gasteiger partial charge is 0.350 e.